The summed E-state index contributed by atoms with van der Waals surface area (Å²) in [6.45, 7) is 3.43. The molecular weight excluding hydrogens is 477 g/mol. The maximum absolute atomic E-state index is 14.0. The molecular formula is C25H21F3N4O2S. The fraction of sp³-hybridized carbons (Fsp3) is 0.160. The van der Waals surface area contributed by atoms with E-state index < -0.39 is 28.9 Å². The SMILES string of the molecule is CC(Sc1nnc(C(C)Oc2ccc(F)cc2)n1-c1ccccc1)C(=O)Nc1ccc(F)cc1F. The van der Waals surface area contributed by atoms with Gasteiger partial charge >= 0.3 is 0 Å². The number of aromatic nitrogens is 3. The number of amides is 1. The number of rotatable bonds is 8. The maximum Gasteiger partial charge on any atom is 0.237 e. The first-order valence-corrected chi connectivity index (χ1v) is 11.6. The minimum atomic E-state index is -0.864. The quantitative estimate of drug-likeness (QED) is 0.304. The highest BCUT2D eigenvalue weighted by Crippen LogP contribution is 2.30. The molecule has 4 aromatic rings. The second-order valence-electron chi connectivity index (χ2n) is 7.60. The first kappa shape index (κ1) is 24.3. The molecule has 0 saturated heterocycles. The Labute approximate surface area is 204 Å². The van der Waals surface area contributed by atoms with E-state index in [-0.39, 0.29) is 11.5 Å². The standard InChI is InChI=1S/C25H21F3N4O2S/c1-15(34-20-11-8-17(26)9-12-20)23-30-31-25(32(23)19-6-4-3-5-7-19)35-16(2)24(33)29-22-13-10-18(27)14-21(22)28/h3-16H,1-2H3,(H,29,33). The number of nitrogens with one attached hydrogen (secondary N) is 1. The summed E-state index contributed by atoms with van der Waals surface area (Å²) < 4.78 is 48.1. The van der Waals surface area contributed by atoms with E-state index in [9.17, 15) is 18.0 Å². The molecule has 2 unspecified atom stereocenters. The van der Waals surface area contributed by atoms with Gasteiger partial charge in [-0.25, -0.2) is 13.2 Å². The number of thioether (sulfide) groups is 1. The average Bonchev–Trinajstić information content (AvgIpc) is 3.26. The van der Waals surface area contributed by atoms with Crippen molar-refractivity contribution >= 4 is 23.4 Å². The highest BCUT2D eigenvalue weighted by atomic mass is 32.2. The molecule has 0 saturated carbocycles. The zero-order chi connectivity index (χ0) is 24.9. The summed E-state index contributed by atoms with van der Waals surface area (Å²) in [5, 5.41) is 10.7. The molecule has 3 aromatic carbocycles. The number of halogens is 3. The number of anilines is 1. The number of ether oxygens (including phenoxy) is 1. The summed E-state index contributed by atoms with van der Waals surface area (Å²) in [5.74, 6) is -1.52. The molecule has 0 aliphatic heterocycles. The Morgan fingerprint density at radius 1 is 0.943 bits per heavy atom. The summed E-state index contributed by atoms with van der Waals surface area (Å²) >= 11 is 1.12. The van der Waals surface area contributed by atoms with E-state index in [2.05, 4.69) is 15.5 Å². The molecule has 0 spiro atoms. The van der Waals surface area contributed by atoms with E-state index in [0.29, 0.717) is 22.8 Å². The van der Waals surface area contributed by atoms with Crippen LogP contribution in [-0.4, -0.2) is 25.9 Å². The molecule has 4 rings (SSSR count). The minimum Gasteiger partial charge on any atom is -0.483 e. The number of nitrogens with zero attached hydrogens (tertiary/aromatic N) is 3. The molecule has 1 aromatic heterocycles. The van der Waals surface area contributed by atoms with Crippen molar-refractivity contribution in [2.75, 3.05) is 5.32 Å². The van der Waals surface area contributed by atoms with E-state index in [1.807, 2.05) is 30.3 Å². The van der Waals surface area contributed by atoms with Crippen LogP contribution in [0.3, 0.4) is 0 Å². The number of benzene rings is 3. The molecule has 10 heteroatoms. The van der Waals surface area contributed by atoms with Gasteiger partial charge in [0.1, 0.15) is 23.2 Å². The molecule has 180 valence electrons. The van der Waals surface area contributed by atoms with Crippen LogP contribution in [0, 0.1) is 17.5 Å². The maximum atomic E-state index is 14.0. The molecule has 0 bridgehead atoms. The van der Waals surface area contributed by atoms with Gasteiger partial charge in [-0.1, -0.05) is 30.0 Å². The summed E-state index contributed by atoms with van der Waals surface area (Å²) in [4.78, 5) is 12.7. The van der Waals surface area contributed by atoms with Crippen LogP contribution in [0.25, 0.3) is 5.69 Å². The van der Waals surface area contributed by atoms with Gasteiger partial charge in [0, 0.05) is 11.8 Å². The second-order valence-corrected chi connectivity index (χ2v) is 8.91. The van der Waals surface area contributed by atoms with Crippen LogP contribution in [0.2, 0.25) is 0 Å². The number of carbonyl (C=O) groups excluding carboxylic acids is 1. The van der Waals surface area contributed by atoms with Gasteiger partial charge in [-0.05, 0) is 62.4 Å². The second kappa shape index (κ2) is 10.6. The van der Waals surface area contributed by atoms with Crippen LogP contribution >= 0.6 is 11.8 Å². The first-order valence-electron chi connectivity index (χ1n) is 10.7. The zero-order valence-corrected chi connectivity index (χ0v) is 19.6. The normalized spacial score (nSPS) is 12.7. The molecule has 1 N–H and O–H groups in total. The third-order valence-electron chi connectivity index (χ3n) is 5.00. The number of carbonyl (C=O) groups is 1. The third kappa shape index (κ3) is 5.83. The van der Waals surface area contributed by atoms with Gasteiger partial charge in [0.15, 0.2) is 17.1 Å². The van der Waals surface area contributed by atoms with Gasteiger partial charge in [-0.3, -0.25) is 9.36 Å². The summed E-state index contributed by atoms with van der Waals surface area (Å²) in [7, 11) is 0. The van der Waals surface area contributed by atoms with Crippen molar-refractivity contribution in [3.63, 3.8) is 0 Å². The lowest BCUT2D eigenvalue weighted by molar-refractivity contribution is -0.115. The van der Waals surface area contributed by atoms with Crippen LogP contribution in [0.1, 0.15) is 25.8 Å². The zero-order valence-electron chi connectivity index (χ0n) is 18.8. The monoisotopic (exact) mass is 498 g/mol. The fourth-order valence-corrected chi connectivity index (χ4v) is 4.12. The lowest BCUT2D eigenvalue weighted by Gasteiger charge is -2.17. The summed E-state index contributed by atoms with van der Waals surface area (Å²) in [6, 6.07) is 17.9. The van der Waals surface area contributed by atoms with Crippen molar-refractivity contribution in [2.45, 2.75) is 30.4 Å². The van der Waals surface area contributed by atoms with Crippen molar-refractivity contribution in [2.24, 2.45) is 0 Å². The summed E-state index contributed by atoms with van der Waals surface area (Å²) in [5.41, 5.74) is 0.636. The van der Waals surface area contributed by atoms with Gasteiger partial charge in [-0.15, -0.1) is 10.2 Å². The lowest BCUT2D eigenvalue weighted by atomic mass is 10.3. The number of hydrogen-bond acceptors (Lipinski definition) is 5. The van der Waals surface area contributed by atoms with Gasteiger partial charge < -0.3 is 10.1 Å². The van der Waals surface area contributed by atoms with Crippen molar-refractivity contribution in [1.29, 1.82) is 0 Å². The molecule has 1 amide bonds. The smallest absolute Gasteiger partial charge is 0.237 e. The molecule has 0 aliphatic rings. The minimum absolute atomic E-state index is 0.115. The van der Waals surface area contributed by atoms with Crippen LogP contribution < -0.4 is 10.1 Å². The summed E-state index contributed by atoms with van der Waals surface area (Å²) in [6.07, 6.45) is -0.556. The molecule has 6 nitrogen and oxygen atoms in total. The number of hydrogen-bond donors (Lipinski definition) is 1. The van der Waals surface area contributed by atoms with E-state index in [0.717, 1.165) is 23.5 Å². The third-order valence-corrected chi connectivity index (χ3v) is 6.05. The van der Waals surface area contributed by atoms with E-state index in [4.69, 9.17) is 4.74 Å². The Kier molecular flexibility index (Phi) is 7.40. The van der Waals surface area contributed by atoms with E-state index in [1.165, 1.54) is 30.3 Å². The van der Waals surface area contributed by atoms with Crippen molar-refractivity contribution in [1.82, 2.24) is 14.8 Å². The number of para-hydroxylation sites is 1. The van der Waals surface area contributed by atoms with Gasteiger partial charge in [0.2, 0.25) is 5.91 Å². The predicted octanol–water partition coefficient (Wildman–Crippen LogP) is 5.94. The highest BCUT2D eigenvalue weighted by molar-refractivity contribution is 8.00. The topological polar surface area (TPSA) is 69.0 Å². The lowest BCUT2D eigenvalue weighted by Crippen LogP contribution is -2.23. The molecule has 2 atom stereocenters. The highest BCUT2D eigenvalue weighted by Gasteiger charge is 2.25. The van der Waals surface area contributed by atoms with Crippen molar-refractivity contribution in [3.8, 4) is 11.4 Å². The van der Waals surface area contributed by atoms with Crippen LogP contribution in [-0.2, 0) is 4.79 Å². The van der Waals surface area contributed by atoms with Crippen LogP contribution in [0.4, 0.5) is 18.9 Å². The molecule has 0 fully saturated rings. The van der Waals surface area contributed by atoms with Gasteiger partial charge in [0.05, 0.1) is 10.9 Å². The van der Waals surface area contributed by atoms with E-state index >= 15 is 0 Å². The Balaban J connectivity index is 1.57. The largest absolute Gasteiger partial charge is 0.483 e. The molecule has 35 heavy (non-hydrogen) atoms. The van der Waals surface area contributed by atoms with Crippen molar-refractivity contribution in [3.05, 3.63) is 96.1 Å². The van der Waals surface area contributed by atoms with Crippen LogP contribution in [0.5, 0.6) is 5.75 Å². The molecule has 1 heterocycles. The van der Waals surface area contributed by atoms with Gasteiger partial charge in [0.25, 0.3) is 0 Å². The Hall–Kier alpha value is -3.79. The first-order chi connectivity index (χ1) is 16.8. The fourth-order valence-electron chi connectivity index (χ4n) is 3.25. The Morgan fingerprint density at radius 3 is 2.31 bits per heavy atom. The van der Waals surface area contributed by atoms with Crippen LogP contribution in [0.15, 0.2) is 78.0 Å². The van der Waals surface area contributed by atoms with Crippen molar-refractivity contribution < 1.29 is 22.7 Å². The molecule has 0 radical (unpaired) electrons. The average molecular weight is 499 g/mol. The Morgan fingerprint density at radius 2 is 1.63 bits per heavy atom. The van der Waals surface area contributed by atoms with E-state index in [1.54, 1.807) is 18.4 Å². The molecule has 0 aliphatic carbocycles. The van der Waals surface area contributed by atoms with Gasteiger partial charge in [-0.2, -0.15) is 0 Å². The Bertz CT molecular complexity index is 1320. The predicted molar refractivity (Wildman–Crippen MR) is 127 cm³/mol.